The maximum absolute atomic E-state index is 13.9. The van der Waals surface area contributed by atoms with E-state index in [4.69, 9.17) is 16.3 Å². The second-order valence-corrected chi connectivity index (χ2v) is 7.72. The summed E-state index contributed by atoms with van der Waals surface area (Å²) in [5.74, 6) is -0.732. The van der Waals surface area contributed by atoms with E-state index in [9.17, 15) is 22.8 Å². The molecule has 7 nitrogen and oxygen atoms in total. The van der Waals surface area contributed by atoms with Crippen LogP contribution in [0.3, 0.4) is 0 Å². The van der Waals surface area contributed by atoms with Crippen molar-refractivity contribution in [3.8, 4) is 11.4 Å². The molecule has 11 heteroatoms. The van der Waals surface area contributed by atoms with E-state index in [-0.39, 0.29) is 22.3 Å². The van der Waals surface area contributed by atoms with Gasteiger partial charge >= 0.3 is 6.18 Å². The zero-order valence-corrected chi connectivity index (χ0v) is 18.1. The predicted octanol–water partition coefficient (Wildman–Crippen LogP) is 4.93. The van der Waals surface area contributed by atoms with Gasteiger partial charge in [0.1, 0.15) is 5.75 Å². The number of hydrogen-bond acceptors (Lipinski definition) is 4. The number of ether oxygens (including phenoxy) is 1. The number of amides is 2. The number of halogens is 4. The van der Waals surface area contributed by atoms with Crippen molar-refractivity contribution in [2.75, 3.05) is 23.9 Å². The van der Waals surface area contributed by atoms with Gasteiger partial charge in [0.25, 0.3) is 5.91 Å². The summed E-state index contributed by atoms with van der Waals surface area (Å²) in [4.78, 5) is 26.4. The number of methoxy groups -OCH3 is 1. The lowest BCUT2D eigenvalue weighted by Crippen LogP contribution is -2.24. The maximum atomic E-state index is 13.9. The zero-order chi connectivity index (χ0) is 23.8. The van der Waals surface area contributed by atoms with E-state index in [2.05, 4.69) is 10.4 Å². The molecule has 0 spiro atoms. The Morgan fingerprint density at radius 1 is 1.21 bits per heavy atom. The third kappa shape index (κ3) is 4.51. The van der Waals surface area contributed by atoms with Gasteiger partial charge in [0.05, 0.1) is 30.2 Å². The minimum atomic E-state index is -4.86. The lowest BCUT2D eigenvalue weighted by molar-refractivity contribution is -0.143. The van der Waals surface area contributed by atoms with Crippen LogP contribution in [0.4, 0.5) is 24.5 Å². The van der Waals surface area contributed by atoms with Gasteiger partial charge in [-0.1, -0.05) is 17.7 Å². The number of carbonyl (C=O) groups excluding carboxylic acids is 2. The highest BCUT2D eigenvalue weighted by Gasteiger charge is 2.40. The van der Waals surface area contributed by atoms with Crippen LogP contribution in [0, 0.1) is 0 Å². The molecular weight excluding hydrogens is 461 g/mol. The first-order chi connectivity index (χ1) is 15.7. The lowest BCUT2D eigenvalue weighted by atomic mass is 10.2. The molecule has 0 saturated carbocycles. The molecule has 0 aliphatic carbocycles. The first-order valence-corrected chi connectivity index (χ1v) is 10.3. The summed E-state index contributed by atoms with van der Waals surface area (Å²) < 4.78 is 47.6. The highest BCUT2D eigenvalue weighted by atomic mass is 35.5. The SMILES string of the molecule is COc1cc(NC(=O)c2cnn(-c3cccc(Cl)c3)c2C(F)(F)F)ccc1N1CCCC1=O. The van der Waals surface area contributed by atoms with Crippen molar-refractivity contribution >= 4 is 34.8 Å². The second kappa shape index (κ2) is 8.78. The molecule has 2 amide bonds. The van der Waals surface area contributed by atoms with Gasteiger partial charge in [0.2, 0.25) is 5.91 Å². The third-order valence-corrected chi connectivity index (χ3v) is 5.37. The fraction of sp³-hybridized carbons (Fsp3) is 0.227. The van der Waals surface area contributed by atoms with Gasteiger partial charge in [-0.15, -0.1) is 0 Å². The topological polar surface area (TPSA) is 76.5 Å². The molecule has 1 aromatic heterocycles. The minimum absolute atomic E-state index is 0.0478. The molecule has 2 aromatic carbocycles. The Balaban J connectivity index is 1.66. The summed E-state index contributed by atoms with van der Waals surface area (Å²) in [6, 6.07) is 10.2. The molecule has 1 saturated heterocycles. The molecule has 172 valence electrons. The number of nitrogens with zero attached hydrogens (tertiary/aromatic N) is 3. The summed E-state index contributed by atoms with van der Waals surface area (Å²) in [5.41, 5.74) is -1.08. The fourth-order valence-electron chi connectivity index (χ4n) is 3.67. The number of nitrogens with one attached hydrogen (secondary N) is 1. The number of hydrogen-bond donors (Lipinski definition) is 1. The van der Waals surface area contributed by atoms with Crippen LogP contribution in [-0.4, -0.2) is 35.2 Å². The number of alkyl halides is 3. The van der Waals surface area contributed by atoms with Crippen LogP contribution in [0.1, 0.15) is 28.9 Å². The molecule has 1 aliphatic heterocycles. The van der Waals surface area contributed by atoms with Crippen molar-refractivity contribution in [3.05, 3.63) is 64.9 Å². The van der Waals surface area contributed by atoms with Crippen LogP contribution in [0.15, 0.2) is 48.7 Å². The molecule has 4 rings (SSSR count). The van der Waals surface area contributed by atoms with Crippen LogP contribution >= 0.6 is 11.6 Å². The van der Waals surface area contributed by atoms with Gasteiger partial charge in [0.15, 0.2) is 5.69 Å². The molecule has 1 N–H and O–H groups in total. The number of rotatable bonds is 5. The Morgan fingerprint density at radius 2 is 2.00 bits per heavy atom. The van der Waals surface area contributed by atoms with Crippen molar-refractivity contribution in [1.82, 2.24) is 9.78 Å². The lowest BCUT2D eigenvalue weighted by Gasteiger charge is -2.19. The van der Waals surface area contributed by atoms with Crippen LogP contribution in [0.25, 0.3) is 5.69 Å². The van der Waals surface area contributed by atoms with Crippen LogP contribution in [0.2, 0.25) is 5.02 Å². The Hall–Kier alpha value is -3.53. The molecule has 2 heterocycles. The Bertz CT molecular complexity index is 1230. The number of benzene rings is 2. The number of carbonyl (C=O) groups is 2. The smallest absolute Gasteiger partial charge is 0.434 e. The van der Waals surface area contributed by atoms with Crippen molar-refractivity contribution in [1.29, 1.82) is 0 Å². The molecule has 33 heavy (non-hydrogen) atoms. The number of anilines is 2. The minimum Gasteiger partial charge on any atom is -0.494 e. The average Bonchev–Trinajstić information content (AvgIpc) is 3.40. The standard InChI is InChI=1S/C22H18ClF3N4O3/c1-33-18-11-14(7-8-17(18)29-9-3-6-19(29)31)28-21(32)16-12-27-30(20(16)22(24,25)26)15-5-2-4-13(23)10-15/h2,4-5,7-8,10-12H,3,6,9H2,1H3,(H,28,32). The van der Waals surface area contributed by atoms with Gasteiger partial charge in [-0.2, -0.15) is 18.3 Å². The molecule has 0 bridgehead atoms. The molecule has 3 aromatic rings. The van der Waals surface area contributed by atoms with E-state index >= 15 is 0 Å². The predicted molar refractivity (Wildman–Crippen MR) is 116 cm³/mol. The van der Waals surface area contributed by atoms with Gasteiger partial charge in [-0.05, 0) is 36.8 Å². The van der Waals surface area contributed by atoms with Crippen molar-refractivity contribution in [2.24, 2.45) is 0 Å². The van der Waals surface area contributed by atoms with Crippen molar-refractivity contribution < 1.29 is 27.5 Å². The molecular formula is C22H18ClF3N4O3. The fourth-order valence-corrected chi connectivity index (χ4v) is 3.86. The molecule has 1 fully saturated rings. The van der Waals surface area contributed by atoms with E-state index in [1.807, 2.05) is 0 Å². The quantitative estimate of drug-likeness (QED) is 0.564. The Kier molecular flexibility index (Phi) is 6.03. The summed E-state index contributed by atoms with van der Waals surface area (Å²) in [6.07, 6.45) is -2.85. The van der Waals surface area contributed by atoms with E-state index in [1.165, 1.54) is 43.5 Å². The summed E-state index contributed by atoms with van der Waals surface area (Å²) in [6.45, 7) is 0.540. The first kappa shape index (κ1) is 22.7. The highest BCUT2D eigenvalue weighted by Crippen LogP contribution is 2.36. The molecule has 1 aliphatic rings. The highest BCUT2D eigenvalue weighted by molar-refractivity contribution is 6.30. The van der Waals surface area contributed by atoms with Crippen LogP contribution in [-0.2, 0) is 11.0 Å². The summed E-state index contributed by atoms with van der Waals surface area (Å²) in [7, 11) is 1.40. The average molecular weight is 479 g/mol. The molecule has 0 radical (unpaired) electrons. The largest absolute Gasteiger partial charge is 0.494 e. The van der Waals surface area contributed by atoms with E-state index < -0.39 is 23.3 Å². The number of aromatic nitrogens is 2. The molecule has 0 atom stereocenters. The molecule has 0 unspecified atom stereocenters. The van der Waals surface area contributed by atoms with Crippen LogP contribution in [0.5, 0.6) is 5.75 Å². The van der Waals surface area contributed by atoms with Crippen molar-refractivity contribution in [3.63, 3.8) is 0 Å². The van der Waals surface area contributed by atoms with Gasteiger partial charge < -0.3 is 15.0 Å². The Morgan fingerprint density at radius 3 is 2.64 bits per heavy atom. The first-order valence-electron chi connectivity index (χ1n) is 9.90. The van der Waals surface area contributed by atoms with Crippen molar-refractivity contribution in [2.45, 2.75) is 19.0 Å². The van der Waals surface area contributed by atoms with Crippen LogP contribution < -0.4 is 15.0 Å². The normalized spacial score (nSPS) is 14.0. The maximum Gasteiger partial charge on any atom is 0.434 e. The Labute approximate surface area is 191 Å². The van der Waals surface area contributed by atoms with E-state index in [1.54, 1.807) is 11.0 Å². The van der Waals surface area contributed by atoms with Gasteiger partial charge in [0, 0.05) is 29.7 Å². The second-order valence-electron chi connectivity index (χ2n) is 7.29. The third-order valence-electron chi connectivity index (χ3n) is 5.14. The van der Waals surface area contributed by atoms with E-state index in [0.717, 1.165) is 12.6 Å². The monoisotopic (exact) mass is 478 g/mol. The van der Waals surface area contributed by atoms with E-state index in [0.29, 0.717) is 29.1 Å². The zero-order valence-electron chi connectivity index (χ0n) is 17.3. The van der Waals surface area contributed by atoms with Gasteiger partial charge in [-0.3, -0.25) is 9.59 Å². The van der Waals surface area contributed by atoms with Gasteiger partial charge in [-0.25, -0.2) is 4.68 Å². The summed E-state index contributed by atoms with van der Waals surface area (Å²) in [5, 5.41) is 6.45. The summed E-state index contributed by atoms with van der Waals surface area (Å²) >= 11 is 5.90.